The van der Waals surface area contributed by atoms with Crippen molar-refractivity contribution in [3.8, 4) is 0 Å². The van der Waals surface area contributed by atoms with E-state index >= 15 is 0 Å². The molecule has 0 saturated carbocycles. The lowest BCUT2D eigenvalue weighted by atomic mass is 10.3. The molecule has 0 aliphatic carbocycles. The summed E-state index contributed by atoms with van der Waals surface area (Å²) >= 11 is 1.72. The van der Waals surface area contributed by atoms with E-state index in [1.165, 1.54) is 12.8 Å². The van der Waals surface area contributed by atoms with Crippen LogP contribution in [0.1, 0.15) is 12.8 Å². The summed E-state index contributed by atoms with van der Waals surface area (Å²) in [5.74, 6) is 1.12. The number of nitrogens with one attached hydrogen (secondary N) is 2. The van der Waals surface area contributed by atoms with Gasteiger partial charge in [0.2, 0.25) is 0 Å². The Balaban J connectivity index is 2.21. The number of amides is 1. The van der Waals surface area contributed by atoms with Crippen LogP contribution in [0.15, 0.2) is 0 Å². The maximum Gasteiger partial charge on any atom is 0.311 e. The zero-order valence-electron chi connectivity index (χ0n) is 5.72. The average Bonchev–Trinajstić information content (AvgIpc) is 2.17. The Hall–Kier alpha value is -0.220. The Morgan fingerprint density at radius 1 is 1.60 bits per heavy atom. The largest absolute Gasteiger partial charge is 0.323 e. The number of hydrogen-bond donors (Lipinski definition) is 2. The highest BCUT2D eigenvalue weighted by Crippen LogP contribution is 2.11. The first-order valence-electron chi connectivity index (χ1n) is 3.41. The Morgan fingerprint density at radius 2 is 2.50 bits per heavy atom. The van der Waals surface area contributed by atoms with Crippen molar-refractivity contribution < 1.29 is 4.79 Å². The molecule has 1 radical (unpaired) electrons. The van der Waals surface area contributed by atoms with Gasteiger partial charge >= 0.3 is 6.41 Å². The molecule has 1 amide bonds. The molecule has 0 bridgehead atoms. The predicted octanol–water partition coefficient (Wildman–Crippen LogP) is 0.0434. The van der Waals surface area contributed by atoms with Crippen molar-refractivity contribution in [3.05, 3.63) is 0 Å². The standard InChI is InChI=1S/C6H11N2OS/c9-5-8-6-7-3-1-2-4-10-6/h6-7H,1-4H2,(H,8,9). The molecule has 4 heteroatoms. The van der Waals surface area contributed by atoms with Crippen molar-refractivity contribution >= 4 is 18.2 Å². The molecule has 0 aromatic heterocycles. The molecular weight excluding hydrogens is 148 g/mol. The molecule has 57 valence electrons. The SMILES string of the molecule is O=[C]NC1NCCCCS1. The Bertz CT molecular complexity index is 102. The van der Waals surface area contributed by atoms with Crippen LogP contribution in [-0.4, -0.2) is 24.2 Å². The second-order valence-corrected chi connectivity index (χ2v) is 3.37. The first kappa shape index (κ1) is 7.88. The molecule has 1 unspecified atom stereocenters. The van der Waals surface area contributed by atoms with E-state index < -0.39 is 0 Å². The Morgan fingerprint density at radius 3 is 3.30 bits per heavy atom. The zero-order valence-corrected chi connectivity index (χ0v) is 6.54. The highest BCUT2D eigenvalue weighted by molar-refractivity contribution is 7.99. The fourth-order valence-electron chi connectivity index (χ4n) is 0.867. The van der Waals surface area contributed by atoms with Gasteiger partial charge in [0.15, 0.2) is 0 Å². The van der Waals surface area contributed by atoms with Gasteiger partial charge in [-0.15, -0.1) is 11.8 Å². The first-order chi connectivity index (χ1) is 4.93. The Kier molecular flexibility index (Phi) is 3.60. The van der Waals surface area contributed by atoms with Gasteiger partial charge in [0.05, 0.1) is 0 Å². The first-order valence-corrected chi connectivity index (χ1v) is 4.46. The molecule has 0 aromatic rings. The minimum Gasteiger partial charge on any atom is -0.323 e. The molecule has 0 spiro atoms. The lowest BCUT2D eigenvalue weighted by Gasteiger charge is -2.11. The normalized spacial score (nSPS) is 27.0. The van der Waals surface area contributed by atoms with Crippen LogP contribution in [0.25, 0.3) is 0 Å². The van der Waals surface area contributed by atoms with Crippen LogP contribution in [-0.2, 0) is 4.79 Å². The summed E-state index contributed by atoms with van der Waals surface area (Å²) < 4.78 is 0. The lowest BCUT2D eigenvalue weighted by molar-refractivity contribution is 0.524. The van der Waals surface area contributed by atoms with Crippen molar-refractivity contribution in [3.63, 3.8) is 0 Å². The third-order valence-electron chi connectivity index (χ3n) is 1.38. The van der Waals surface area contributed by atoms with E-state index in [4.69, 9.17) is 0 Å². The predicted molar refractivity (Wildman–Crippen MR) is 42.3 cm³/mol. The van der Waals surface area contributed by atoms with E-state index in [-0.39, 0.29) is 5.50 Å². The summed E-state index contributed by atoms with van der Waals surface area (Å²) in [6.45, 7) is 0.992. The summed E-state index contributed by atoms with van der Waals surface area (Å²) in [4.78, 5) is 9.90. The summed E-state index contributed by atoms with van der Waals surface area (Å²) in [5.41, 5.74) is 0.0833. The molecule has 1 heterocycles. The average molecular weight is 159 g/mol. The minimum absolute atomic E-state index is 0.0833. The van der Waals surface area contributed by atoms with Crippen LogP contribution in [0.4, 0.5) is 0 Å². The molecular formula is C6H11N2OS. The van der Waals surface area contributed by atoms with Crippen molar-refractivity contribution in [1.29, 1.82) is 0 Å². The van der Waals surface area contributed by atoms with Crippen molar-refractivity contribution in [1.82, 2.24) is 10.6 Å². The molecule has 0 aromatic carbocycles. The highest BCUT2D eigenvalue weighted by atomic mass is 32.2. The lowest BCUT2D eigenvalue weighted by Crippen LogP contribution is -2.38. The minimum atomic E-state index is 0.0833. The molecule has 2 N–H and O–H groups in total. The molecule has 1 aliphatic heterocycles. The third kappa shape index (κ3) is 2.58. The molecule has 1 fully saturated rings. The number of rotatable bonds is 2. The van der Waals surface area contributed by atoms with Crippen LogP contribution in [0.3, 0.4) is 0 Å². The van der Waals surface area contributed by atoms with Crippen LogP contribution in [0.5, 0.6) is 0 Å². The molecule has 3 nitrogen and oxygen atoms in total. The Labute approximate surface area is 64.9 Å². The van der Waals surface area contributed by atoms with Crippen LogP contribution in [0, 0.1) is 0 Å². The number of thioether (sulfide) groups is 1. The van der Waals surface area contributed by atoms with Gasteiger partial charge in [-0.2, -0.15) is 0 Å². The van der Waals surface area contributed by atoms with E-state index in [1.54, 1.807) is 18.2 Å². The second kappa shape index (κ2) is 4.57. The van der Waals surface area contributed by atoms with Gasteiger partial charge in [-0.05, 0) is 25.1 Å². The van der Waals surface area contributed by atoms with Crippen LogP contribution in [0.2, 0.25) is 0 Å². The smallest absolute Gasteiger partial charge is 0.311 e. The molecule has 1 saturated heterocycles. The van der Waals surface area contributed by atoms with E-state index in [1.807, 2.05) is 0 Å². The number of hydrogen-bond acceptors (Lipinski definition) is 3. The molecule has 10 heavy (non-hydrogen) atoms. The maximum atomic E-state index is 9.90. The summed E-state index contributed by atoms with van der Waals surface area (Å²) in [5, 5.41) is 5.74. The highest BCUT2D eigenvalue weighted by Gasteiger charge is 2.09. The summed E-state index contributed by atoms with van der Waals surface area (Å²) in [6, 6.07) is 0. The third-order valence-corrected chi connectivity index (χ3v) is 2.52. The van der Waals surface area contributed by atoms with Gasteiger partial charge in [0.1, 0.15) is 5.50 Å². The van der Waals surface area contributed by atoms with Gasteiger partial charge in [-0.25, -0.2) is 0 Å². The number of carbonyl (C=O) groups excluding carboxylic acids is 1. The van der Waals surface area contributed by atoms with Gasteiger partial charge in [0.25, 0.3) is 0 Å². The van der Waals surface area contributed by atoms with E-state index in [0.717, 1.165) is 12.3 Å². The molecule has 1 aliphatic rings. The zero-order chi connectivity index (χ0) is 7.23. The monoisotopic (exact) mass is 159 g/mol. The van der Waals surface area contributed by atoms with E-state index in [2.05, 4.69) is 10.6 Å². The van der Waals surface area contributed by atoms with E-state index in [9.17, 15) is 4.79 Å². The van der Waals surface area contributed by atoms with Gasteiger partial charge in [-0.1, -0.05) is 0 Å². The summed E-state index contributed by atoms with van der Waals surface area (Å²) in [7, 11) is 0. The summed E-state index contributed by atoms with van der Waals surface area (Å²) in [6.07, 6.45) is 4.11. The van der Waals surface area contributed by atoms with E-state index in [0.29, 0.717) is 0 Å². The topological polar surface area (TPSA) is 41.1 Å². The fraction of sp³-hybridized carbons (Fsp3) is 0.833. The quantitative estimate of drug-likeness (QED) is 0.559. The van der Waals surface area contributed by atoms with Crippen LogP contribution >= 0.6 is 11.8 Å². The second-order valence-electron chi connectivity index (χ2n) is 2.16. The molecule has 1 atom stereocenters. The van der Waals surface area contributed by atoms with Gasteiger partial charge in [-0.3, -0.25) is 10.1 Å². The van der Waals surface area contributed by atoms with Crippen molar-refractivity contribution in [2.24, 2.45) is 0 Å². The van der Waals surface area contributed by atoms with Gasteiger partial charge in [0, 0.05) is 0 Å². The fourth-order valence-corrected chi connectivity index (χ4v) is 1.84. The van der Waals surface area contributed by atoms with Crippen LogP contribution < -0.4 is 10.6 Å². The van der Waals surface area contributed by atoms with Gasteiger partial charge < -0.3 is 5.32 Å². The van der Waals surface area contributed by atoms with Crippen molar-refractivity contribution in [2.75, 3.05) is 12.3 Å². The maximum absolute atomic E-state index is 9.90. The van der Waals surface area contributed by atoms with Crippen molar-refractivity contribution in [2.45, 2.75) is 18.3 Å². The molecule has 1 rings (SSSR count).